The van der Waals surface area contributed by atoms with Crippen LogP contribution in [0.15, 0.2) is 42.5 Å². The largest absolute Gasteiger partial charge is 0.497 e. The summed E-state index contributed by atoms with van der Waals surface area (Å²) >= 11 is 0. The van der Waals surface area contributed by atoms with Gasteiger partial charge in [-0.25, -0.2) is 0 Å². The van der Waals surface area contributed by atoms with E-state index >= 15 is 0 Å². The third kappa shape index (κ3) is 4.99. The van der Waals surface area contributed by atoms with E-state index in [2.05, 4.69) is 31.3 Å². The third-order valence-corrected chi connectivity index (χ3v) is 4.18. The van der Waals surface area contributed by atoms with E-state index in [0.717, 1.165) is 12.0 Å². The molecule has 1 N–H and O–H groups in total. The van der Waals surface area contributed by atoms with Crippen LogP contribution in [-0.2, 0) is 11.2 Å². The Morgan fingerprint density at radius 2 is 1.68 bits per heavy atom. The lowest BCUT2D eigenvalue weighted by Gasteiger charge is -2.16. The summed E-state index contributed by atoms with van der Waals surface area (Å²) in [7, 11) is 3.17. The molecule has 0 heterocycles. The van der Waals surface area contributed by atoms with Crippen LogP contribution in [-0.4, -0.2) is 20.1 Å². The summed E-state index contributed by atoms with van der Waals surface area (Å²) in [5, 5.41) is 2.94. The number of hydrogen-bond acceptors (Lipinski definition) is 3. The number of methoxy groups -OCH3 is 2. The molecule has 4 heteroatoms. The van der Waals surface area contributed by atoms with E-state index in [-0.39, 0.29) is 11.8 Å². The Balaban J connectivity index is 2.12. The lowest BCUT2D eigenvalue weighted by molar-refractivity contribution is -0.117. The molecular weight excluding hydrogens is 314 g/mol. The topological polar surface area (TPSA) is 47.6 Å². The molecule has 0 spiro atoms. The van der Waals surface area contributed by atoms with Crippen molar-refractivity contribution in [2.75, 3.05) is 19.5 Å². The van der Waals surface area contributed by atoms with Gasteiger partial charge in [0.05, 0.1) is 25.8 Å². The zero-order valence-electron chi connectivity index (χ0n) is 15.6. The first-order valence-electron chi connectivity index (χ1n) is 8.56. The number of carbonyl (C=O) groups excluding carboxylic acids is 1. The van der Waals surface area contributed by atoms with Crippen LogP contribution in [0, 0.1) is 5.92 Å². The van der Waals surface area contributed by atoms with Crippen LogP contribution >= 0.6 is 0 Å². The van der Waals surface area contributed by atoms with Crippen LogP contribution in [0.25, 0.3) is 0 Å². The molecule has 2 rings (SSSR count). The summed E-state index contributed by atoms with van der Waals surface area (Å²) in [6.45, 7) is 6.30. The minimum Gasteiger partial charge on any atom is -0.497 e. The predicted molar refractivity (Wildman–Crippen MR) is 102 cm³/mol. The van der Waals surface area contributed by atoms with Gasteiger partial charge in [-0.1, -0.05) is 38.1 Å². The standard InChI is InChI=1S/C21H27NO3/c1-14(2)12-16-6-8-17(9-7-16)15(3)21(23)22-19-13-18(24-4)10-11-20(19)25-5/h6-11,13-15H,12H2,1-5H3,(H,22,23)/t15-/m1/s1. The fourth-order valence-electron chi connectivity index (χ4n) is 2.72. The summed E-state index contributed by atoms with van der Waals surface area (Å²) in [5.74, 6) is 1.55. The van der Waals surface area contributed by atoms with Gasteiger partial charge in [0.15, 0.2) is 0 Å². The highest BCUT2D eigenvalue weighted by Crippen LogP contribution is 2.30. The Morgan fingerprint density at radius 3 is 2.24 bits per heavy atom. The van der Waals surface area contributed by atoms with E-state index in [4.69, 9.17) is 9.47 Å². The quantitative estimate of drug-likeness (QED) is 0.798. The monoisotopic (exact) mass is 341 g/mol. The Morgan fingerprint density at radius 1 is 1.00 bits per heavy atom. The van der Waals surface area contributed by atoms with E-state index in [0.29, 0.717) is 23.1 Å². The normalized spacial score (nSPS) is 11.9. The molecule has 0 bridgehead atoms. The molecule has 0 aliphatic carbocycles. The molecule has 0 aliphatic heterocycles. The molecule has 0 aliphatic rings. The van der Waals surface area contributed by atoms with Crippen molar-refractivity contribution in [2.24, 2.45) is 5.92 Å². The van der Waals surface area contributed by atoms with Crippen molar-refractivity contribution in [3.63, 3.8) is 0 Å². The van der Waals surface area contributed by atoms with E-state index < -0.39 is 0 Å². The molecule has 0 radical (unpaired) electrons. The maximum Gasteiger partial charge on any atom is 0.231 e. The number of ether oxygens (including phenoxy) is 2. The summed E-state index contributed by atoms with van der Waals surface area (Å²) < 4.78 is 10.5. The van der Waals surface area contributed by atoms with Crippen molar-refractivity contribution in [3.05, 3.63) is 53.6 Å². The first kappa shape index (κ1) is 18.8. The number of hydrogen-bond donors (Lipinski definition) is 1. The van der Waals surface area contributed by atoms with Crippen molar-refractivity contribution < 1.29 is 14.3 Å². The number of benzene rings is 2. The second-order valence-corrected chi connectivity index (χ2v) is 6.62. The first-order valence-corrected chi connectivity index (χ1v) is 8.56. The lowest BCUT2D eigenvalue weighted by atomic mass is 9.96. The van der Waals surface area contributed by atoms with Gasteiger partial charge in [0.25, 0.3) is 0 Å². The smallest absolute Gasteiger partial charge is 0.231 e. The van der Waals surface area contributed by atoms with Gasteiger partial charge in [0.1, 0.15) is 11.5 Å². The van der Waals surface area contributed by atoms with Crippen LogP contribution in [0.2, 0.25) is 0 Å². The van der Waals surface area contributed by atoms with Gasteiger partial charge < -0.3 is 14.8 Å². The summed E-state index contributed by atoms with van der Waals surface area (Å²) in [6.07, 6.45) is 1.04. The van der Waals surface area contributed by atoms with Crippen LogP contribution in [0.4, 0.5) is 5.69 Å². The summed E-state index contributed by atoms with van der Waals surface area (Å²) in [5.41, 5.74) is 2.89. The maximum absolute atomic E-state index is 12.6. The van der Waals surface area contributed by atoms with Crippen molar-refractivity contribution >= 4 is 11.6 Å². The predicted octanol–water partition coefficient (Wildman–Crippen LogP) is 4.64. The molecule has 2 aromatic rings. The van der Waals surface area contributed by atoms with Gasteiger partial charge >= 0.3 is 0 Å². The van der Waals surface area contributed by atoms with E-state index in [1.54, 1.807) is 32.4 Å². The molecule has 0 saturated carbocycles. The van der Waals surface area contributed by atoms with Gasteiger partial charge in [-0.2, -0.15) is 0 Å². The van der Waals surface area contributed by atoms with Crippen molar-refractivity contribution in [1.29, 1.82) is 0 Å². The van der Waals surface area contributed by atoms with Gasteiger partial charge in [0.2, 0.25) is 5.91 Å². The molecular formula is C21H27NO3. The van der Waals surface area contributed by atoms with Crippen LogP contribution < -0.4 is 14.8 Å². The Bertz CT molecular complexity index is 708. The molecule has 0 aromatic heterocycles. The molecule has 1 atom stereocenters. The average Bonchev–Trinajstić information content (AvgIpc) is 2.61. The van der Waals surface area contributed by atoms with E-state index in [1.807, 2.05) is 19.1 Å². The average molecular weight is 341 g/mol. The van der Waals surface area contributed by atoms with Gasteiger partial charge in [-0.05, 0) is 42.5 Å². The SMILES string of the molecule is COc1ccc(OC)c(NC(=O)[C@H](C)c2ccc(CC(C)C)cc2)c1. The third-order valence-electron chi connectivity index (χ3n) is 4.18. The number of amides is 1. The van der Waals surface area contributed by atoms with Crippen LogP contribution in [0.3, 0.4) is 0 Å². The van der Waals surface area contributed by atoms with Crippen LogP contribution in [0.1, 0.15) is 37.8 Å². The maximum atomic E-state index is 12.6. The van der Waals surface area contributed by atoms with E-state index in [9.17, 15) is 4.79 Å². The highest BCUT2D eigenvalue weighted by Gasteiger charge is 2.17. The van der Waals surface area contributed by atoms with Gasteiger partial charge in [-0.3, -0.25) is 4.79 Å². The van der Waals surface area contributed by atoms with Crippen molar-refractivity contribution in [2.45, 2.75) is 33.1 Å². The van der Waals surface area contributed by atoms with Crippen molar-refractivity contribution in [3.8, 4) is 11.5 Å². The number of rotatable bonds is 7. The summed E-state index contributed by atoms with van der Waals surface area (Å²) in [4.78, 5) is 12.6. The van der Waals surface area contributed by atoms with Gasteiger partial charge in [0, 0.05) is 6.07 Å². The van der Waals surface area contributed by atoms with Gasteiger partial charge in [-0.15, -0.1) is 0 Å². The number of nitrogens with one attached hydrogen (secondary N) is 1. The minimum atomic E-state index is -0.260. The van der Waals surface area contributed by atoms with E-state index in [1.165, 1.54) is 5.56 Å². The minimum absolute atomic E-state index is 0.0804. The fraction of sp³-hybridized carbons (Fsp3) is 0.381. The zero-order valence-corrected chi connectivity index (χ0v) is 15.6. The zero-order chi connectivity index (χ0) is 18.4. The molecule has 25 heavy (non-hydrogen) atoms. The molecule has 0 fully saturated rings. The number of anilines is 1. The summed E-state index contributed by atoms with van der Waals surface area (Å²) in [6, 6.07) is 13.6. The second kappa shape index (κ2) is 8.56. The number of carbonyl (C=O) groups is 1. The second-order valence-electron chi connectivity index (χ2n) is 6.62. The van der Waals surface area contributed by atoms with Crippen LogP contribution in [0.5, 0.6) is 11.5 Å². The molecule has 134 valence electrons. The molecule has 4 nitrogen and oxygen atoms in total. The highest BCUT2D eigenvalue weighted by molar-refractivity contribution is 5.97. The Hall–Kier alpha value is -2.49. The first-order chi connectivity index (χ1) is 11.9. The lowest BCUT2D eigenvalue weighted by Crippen LogP contribution is -2.19. The molecule has 0 unspecified atom stereocenters. The highest BCUT2D eigenvalue weighted by atomic mass is 16.5. The molecule has 1 amide bonds. The molecule has 0 saturated heterocycles. The Labute approximate surface area is 150 Å². The fourth-order valence-corrected chi connectivity index (χ4v) is 2.72. The van der Waals surface area contributed by atoms with Crippen molar-refractivity contribution in [1.82, 2.24) is 0 Å². The Kier molecular flexibility index (Phi) is 6.45. The molecule has 2 aromatic carbocycles.